The third-order valence-electron chi connectivity index (χ3n) is 3.69. The Morgan fingerprint density at radius 1 is 0.923 bits per heavy atom. The van der Waals surface area contributed by atoms with Crippen LogP contribution in [0.5, 0.6) is 17.2 Å². The normalized spacial score (nSPS) is 11.0. The van der Waals surface area contributed by atoms with Crippen LogP contribution in [0.15, 0.2) is 84.0 Å². The highest BCUT2D eigenvalue weighted by Gasteiger charge is 2.08. The van der Waals surface area contributed by atoms with Gasteiger partial charge in [-0.1, -0.05) is 36.4 Å². The predicted octanol–water partition coefficient (Wildman–Crippen LogP) is 4.34. The van der Waals surface area contributed by atoms with Crippen molar-refractivity contribution >= 4 is 11.6 Å². The predicted molar refractivity (Wildman–Crippen MR) is 101 cm³/mol. The second-order valence-corrected chi connectivity index (χ2v) is 5.60. The summed E-state index contributed by atoms with van der Waals surface area (Å²) in [5.74, 6) is 1.00. The number of carbonyl (C=O) groups excluding carboxylic acids is 1. The van der Waals surface area contributed by atoms with E-state index >= 15 is 0 Å². The van der Waals surface area contributed by atoms with Crippen LogP contribution in [-0.4, -0.2) is 16.7 Å². The number of ether oxygens (including phenoxy) is 1. The van der Waals surface area contributed by atoms with Crippen LogP contribution in [0.1, 0.15) is 22.8 Å². The minimum absolute atomic E-state index is 0.112. The molecule has 0 atom stereocenters. The summed E-state index contributed by atoms with van der Waals surface area (Å²) in [5.41, 5.74) is 3.99. The minimum Gasteiger partial charge on any atom is -0.507 e. The van der Waals surface area contributed by atoms with E-state index in [1.807, 2.05) is 30.3 Å². The molecule has 5 heteroatoms. The summed E-state index contributed by atoms with van der Waals surface area (Å²) in [6, 6.07) is 23.0. The average Bonchev–Trinajstić information content (AvgIpc) is 2.67. The van der Waals surface area contributed by atoms with Crippen molar-refractivity contribution in [3.63, 3.8) is 0 Å². The van der Waals surface area contributed by atoms with Gasteiger partial charge in [0.2, 0.25) is 0 Å². The fourth-order valence-corrected chi connectivity index (χ4v) is 2.36. The summed E-state index contributed by atoms with van der Waals surface area (Å²) >= 11 is 0. The van der Waals surface area contributed by atoms with Gasteiger partial charge in [0.15, 0.2) is 0 Å². The third-order valence-corrected chi connectivity index (χ3v) is 3.69. The van der Waals surface area contributed by atoms with Gasteiger partial charge in [-0.05, 0) is 49.4 Å². The highest BCUT2D eigenvalue weighted by Crippen LogP contribution is 2.22. The van der Waals surface area contributed by atoms with Crippen molar-refractivity contribution in [2.45, 2.75) is 6.92 Å². The molecule has 5 nitrogen and oxygen atoms in total. The Hall–Kier alpha value is -3.60. The quantitative estimate of drug-likeness (QED) is 0.533. The maximum Gasteiger partial charge on any atom is 0.271 e. The van der Waals surface area contributed by atoms with Gasteiger partial charge in [0.1, 0.15) is 17.2 Å². The monoisotopic (exact) mass is 346 g/mol. The Morgan fingerprint density at radius 2 is 1.62 bits per heavy atom. The SMILES string of the molecule is CC(=NNC(=O)c1cccc(Oc2ccccc2)c1)c1ccccc1O. The second-order valence-electron chi connectivity index (χ2n) is 5.60. The number of hydrogen-bond acceptors (Lipinski definition) is 4. The summed E-state index contributed by atoms with van der Waals surface area (Å²) in [6.07, 6.45) is 0. The molecule has 26 heavy (non-hydrogen) atoms. The van der Waals surface area contributed by atoms with E-state index < -0.39 is 0 Å². The highest BCUT2D eigenvalue weighted by molar-refractivity contribution is 6.02. The first-order valence-corrected chi connectivity index (χ1v) is 8.09. The molecule has 0 aliphatic heterocycles. The van der Waals surface area contributed by atoms with Gasteiger partial charge in [-0.3, -0.25) is 4.79 Å². The summed E-state index contributed by atoms with van der Waals surface area (Å²) in [6.45, 7) is 1.71. The average molecular weight is 346 g/mol. The van der Waals surface area contributed by atoms with E-state index in [1.54, 1.807) is 55.5 Å². The molecule has 0 spiro atoms. The van der Waals surface area contributed by atoms with Crippen LogP contribution in [0, 0.1) is 0 Å². The maximum absolute atomic E-state index is 12.3. The first-order chi connectivity index (χ1) is 12.6. The Balaban J connectivity index is 1.71. The molecule has 0 bridgehead atoms. The van der Waals surface area contributed by atoms with Crippen molar-refractivity contribution < 1.29 is 14.6 Å². The first-order valence-electron chi connectivity index (χ1n) is 8.09. The fraction of sp³-hybridized carbons (Fsp3) is 0.0476. The molecule has 0 heterocycles. The van der Waals surface area contributed by atoms with Crippen molar-refractivity contribution in [1.82, 2.24) is 5.43 Å². The largest absolute Gasteiger partial charge is 0.507 e. The number of nitrogens with one attached hydrogen (secondary N) is 1. The fourth-order valence-electron chi connectivity index (χ4n) is 2.36. The number of hydrazone groups is 1. The maximum atomic E-state index is 12.3. The topological polar surface area (TPSA) is 70.9 Å². The van der Waals surface area contributed by atoms with Crippen LogP contribution in [0.4, 0.5) is 0 Å². The van der Waals surface area contributed by atoms with Crippen LogP contribution >= 0.6 is 0 Å². The molecule has 1 amide bonds. The van der Waals surface area contributed by atoms with Crippen molar-refractivity contribution in [3.05, 3.63) is 90.0 Å². The molecule has 0 saturated carbocycles. The molecule has 0 aliphatic rings. The van der Waals surface area contributed by atoms with Gasteiger partial charge in [-0.2, -0.15) is 5.10 Å². The van der Waals surface area contributed by atoms with Gasteiger partial charge < -0.3 is 9.84 Å². The first kappa shape index (κ1) is 17.2. The van der Waals surface area contributed by atoms with Crippen LogP contribution < -0.4 is 10.2 Å². The number of hydrogen-bond donors (Lipinski definition) is 2. The molecule has 3 aromatic rings. The van der Waals surface area contributed by atoms with E-state index in [2.05, 4.69) is 10.5 Å². The summed E-state index contributed by atoms with van der Waals surface area (Å²) < 4.78 is 5.73. The smallest absolute Gasteiger partial charge is 0.271 e. The van der Waals surface area contributed by atoms with Crippen LogP contribution in [0.3, 0.4) is 0 Å². The van der Waals surface area contributed by atoms with Gasteiger partial charge >= 0.3 is 0 Å². The Morgan fingerprint density at radius 3 is 2.38 bits per heavy atom. The van der Waals surface area contributed by atoms with Crippen LogP contribution in [0.25, 0.3) is 0 Å². The highest BCUT2D eigenvalue weighted by atomic mass is 16.5. The number of amides is 1. The molecule has 130 valence electrons. The lowest BCUT2D eigenvalue weighted by molar-refractivity contribution is 0.0954. The molecule has 0 fully saturated rings. The van der Waals surface area contributed by atoms with E-state index in [1.165, 1.54) is 0 Å². The summed E-state index contributed by atoms with van der Waals surface area (Å²) in [5, 5.41) is 13.9. The number of carbonyl (C=O) groups is 1. The Labute approximate surface area is 151 Å². The second kappa shape index (κ2) is 7.98. The van der Waals surface area contributed by atoms with Crippen molar-refractivity contribution in [3.8, 4) is 17.2 Å². The zero-order valence-electron chi connectivity index (χ0n) is 14.2. The molecule has 3 aromatic carbocycles. The zero-order chi connectivity index (χ0) is 18.4. The molecule has 0 radical (unpaired) electrons. The van der Waals surface area contributed by atoms with Gasteiger partial charge in [0, 0.05) is 11.1 Å². The van der Waals surface area contributed by atoms with E-state index in [4.69, 9.17) is 4.74 Å². The number of rotatable bonds is 5. The summed E-state index contributed by atoms with van der Waals surface area (Å²) in [7, 11) is 0. The summed E-state index contributed by atoms with van der Waals surface area (Å²) in [4.78, 5) is 12.3. The van der Waals surface area contributed by atoms with Crippen molar-refractivity contribution in [2.75, 3.05) is 0 Å². The molecule has 3 rings (SSSR count). The minimum atomic E-state index is -0.363. The van der Waals surface area contributed by atoms with Crippen LogP contribution in [0.2, 0.25) is 0 Å². The number of aromatic hydroxyl groups is 1. The van der Waals surface area contributed by atoms with Gasteiger partial charge in [0.05, 0.1) is 5.71 Å². The molecule has 0 aromatic heterocycles. The lowest BCUT2D eigenvalue weighted by Gasteiger charge is -2.08. The lowest BCUT2D eigenvalue weighted by Crippen LogP contribution is -2.19. The molecule has 0 saturated heterocycles. The number of nitrogens with zero attached hydrogens (tertiary/aromatic N) is 1. The number of benzene rings is 3. The van der Waals surface area contributed by atoms with Gasteiger partial charge in [-0.15, -0.1) is 0 Å². The zero-order valence-corrected chi connectivity index (χ0v) is 14.2. The van der Waals surface area contributed by atoms with Gasteiger partial charge in [0.25, 0.3) is 5.91 Å². The van der Waals surface area contributed by atoms with Crippen molar-refractivity contribution in [2.24, 2.45) is 5.10 Å². The van der Waals surface area contributed by atoms with E-state index in [0.29, 0.717) is 28.3 Å². The van der Waals surface area contributed by atoms with E-state index in [0.717, 1.165) is 0 Å². The molecule has 0 unspecified atom stereocenters. The molecule has 2 N–H and O–H groups in total. The Kier molecular flexibility index (Phi) is 5.29. The van der Waals surface area contributed by atoms with Crippen LogP contribution in [-0.2, 0) is 0 Å². The lowest BCUT2D eigenvalue weighted by atomic mass is 10.1. The Bertz CT molecular complexity index is 937. The van der Waals surface area contributed by atoms with Crippen molar-refractivity contribution in [1.29, 1.82) is 0 Å². The number of para-hydroxylation sites is 2. The number of phenolic OH excluding ortho intramolecular Hbond substituents is 1. The molecule has 0 aliphatic carbocycles. The molecular weight excluding hydrogens is 328 g/mol. The van der Waals surface area contributed by atoms with E-state index in [-0.39, 0.29) is 11.7 Å². The molecular formula is C21H18N2O3. The standard InChI is InChI=1S/C21H18N2O3/c1-15(19-12-5-6-13-20(19)24)22-23-21(25)16-8-7-11-18(14-16)26-17-9-3-2-4-10-17/h2-14,24H,1H3,(H,23,25). The van der Waals surface area contributed by atoms with E-state index in [9.17, 15) is 9.90 Å². The number of phenols is 1. The van der Waals surface area contributed by atoms with Gasteiger partial charge in [-0.25, -0.2) is 5.43 Å². The third kappa shape index (κ3) is 4.27.